The van der Waals surface area contributed by atoms with Gasteiger partial charge in [-0.3, -0.25) is 4.90 Å². The minimum absolute atomic E-state index is 0.413. The summed E-state index contributed by atoms with van der Waals surface area (Å²) in [6, 6.07) is 9.44. The number of morpholine rings is 1. The van der Waals surface area contributed by atoms with Crippen LogP contribution in [0.1, 0.15) is 30.1 Å². The smallest absolute Gasteiger partial charge is 0.161 e. The van der Waals surface area contributed by atoms with E-state index in [4.69, 9.17) is 25.2 Å². The molecule has 3 saturated heterocycles. The second kappa shape index (κ2) is 6.93. The molecule has 29 heavy (non-hydrogen) atoms. The molecular formula is C22H27N5O2. The number of hydrogen-bond acceptors (Lipinski definition) is 7. The van der Waals surface area contributed by atoms with Crippen LogP contribution in [0.15, 0.2) is 24.3 Å². The summed E-state index contributed by atoms with van der Waals surface area (Å²) in [5.74, 6) is 1.92. The lowest BCUT2D eigenvalue weighted by Crippen LogP contribution is -2.54. The molecule has 0 amide bonds. The Morgan fingerprint density at radius 2 is 1.72 bits per heavy atom. The van der Waals surface area contributed by atoms with Crippen molar-refractivity contribution in [3.05, 3.63) is 35.5 Å². The minimum atomic E-state index is 0.413. The molecule has 2 N–H and O–H groups in total. The molecule has 4 aliphatic rings. The van der Waals surface area contributed by atoms with Crippen LogP contribution in [0.2, 0.25) is 0 Å². The van der Waals surface area contributed by atoms with Gasteiger partial charge in [0.05, 0.1) is 38.2 Å². The van der Waals surface area contributed by atoms with E-state index in [2.05, 4.69) is 9.80 Å². The van der Waals surface area contributed by atoms with Gasteiger partial charge in [0.1, 0.15) is 5.82 Å². The van der Waals surface area contributed by atoms with Gasteiger partial charge in [-0.2, -0.15) is 0 Å². The summed E-state index contributed by atoms with van der Waals surface area (Å²) in [7, 11) is 0. The van der Waals surface area contributed by atoms with Crippen LogP contribution in [-0.2, 0) is 15.9 Å². The van der Waals surface area contributed by atoms with Gasteiger partial charge in [-0.25, -0.2) is 9.97 Å². The average Bonchev–Trinajstić information content (AvgIpc) is 2.99. The first-order chi connectivity index (χ1) is 14.3. The van der Waals surface area contributed by atoms with Crippen molar-refractivity contribution in [1.29, 1.82) is 0 Å². The van der Waals surface area contributed by atoms with Gasteiger partial charge in [-0.1, -0.05) is 0 Å². The molecule has 0 aliphatic carbocycles. The lowest BCUT2D eigenvalue weighted by molar-refractivity contribution is -0.0857. The van der Waals surface area contributed by atoms with Gasteiger partial charge in [0.15, 0.2) is 5.82 Å². The Balaban J connectivity index is 1.47. The molecule has 7 nitrogen and oxygen atoms in total. The van der Waals surface area contributed by atoms with E-state index in [1.807, 2.05) is 24.3 Å². The highest BCUT2D eigenvalue weighted by atomic mass is 16.5. The van der Waals surface area contributed by atoms with Gasteiger partial charge in [0.2, 0.25) is 0 Å². The van der Waals surface area contributed by atoms with Crippen LogP contribution >= 0.6 is 0 Å². The van der Waals surface area contributed by atoms with Crippen molar-refractivity contribution >= 4 is 11.5 Å². The number of aromatic nitrogens is 2. The van der Waals surface area contributed by atoms with Crippen molar-refractivity contribution in [3.8, 4) is 11.4 Å². The third kappa shape index (κ3) is 2.91. The number of nitrogen functional groups attached to an aromatic ring is 1. The Bertz CT molecular complexity index is 908. The fourth-order valence-electron chi connectivity index (χ4n) is 5.35. The molecule has 7 heteroatoms. The van der Waals surface area contributed by atoms with Crippen LogP contribution < -0.4 is 10.6 Å². The summed E-state index contributed by atoms with van der Waals surface area (Å²) in [4.78, 5) is 15.3. The third-order valence-corrected chi connectivity index (χ3v) is 6.84. The Kier molecular flexibility index (Phi) is 4.21. The van der Waals surface area contributed by atoms with Crippen molar-refractivity contribution in [1.82, 2.24) is 14.9 Å². The highest BCUT2D eigenvalue weighted by Crippen LogP contribution is 2.48. The number of ether oxygens (including phenoxy) is 2. The maximum Gasteiger partial charge on any atom is 0.161 e. The quantitative estimate of drug-likeness (QED) is 0.800. The standard InChI is InChI=1S/C22H27N5O2/c23-15-3-1-14(2-4-15)21-24-18-11-16-5-6-19(27(16)17-12-29-13-17)20(18)22(25-21)26-7-9-28-10-8-26/h1-4,16-17,19H,5-13,23H2. The van der Waals surface area contributed by atoms with Crippen LogP contribution in [0.25, 0.3) is 11.4 Å². The highest BCUT2D eigenvalue weighted by molar-refractivity contribution is 5.64. The number of benzene rings is 1. The van der Waals surface area contributed by atoms with Crippen molar-refractivity contribution in [2.75, 3.05) is 50.2 Å². The van der Waals surface area contributed by atoms with Crippen molar-refractivity contribution in [2.45, 2.75) is 37.4 Å². The van der Waals surface area contributed by atoms with Crippen LogP contribution in [0.3, 0.4) is 0 Å². The van der Waals surface area contributed by atoms with E-state index in [9.17, 15) is 0 Å². The molecule has 0 radical (unpaired) electrons. The zero-order valence-corrected chi connectivity index (χ0v) is 16.6. The number of anilines is 2. The molecule has 4 aliphatic heterocycles. The van der Waals surface area contributed by atoms with Gasteiger partial charge in [0.25, 0.3) is 0 Å². The number of nitrogens with zero attached hydrogens (tertiary/aromatic N) is 4. The number of nitrogens with two attached hydrogens (primary N) is 1. The van der Waals surface area contributed by atoms with E-state index in [0.29, 0.717) is 18.1 Å². The lowest BCUT2D eigenvalue weighted by atomic mass is 9.94. The average molecular weight is 393 g/mol. The monoisotopic (exact) mass is 393 g/mol. The SMILES string of the molecule is Nc1ccc(-c2nc3c(c(N4CCOCC4)n2)C2CCC(C3)N2C2COC2)cc1. The lowest BCUT2D eigenvalue weighted by Gasteiger charge is -2.45. The molecule has 0 saturated carbocycles. The van der Waals surface area contributed by atoms with E-state index < -0.39 is 0 Å². The van der Waals surface area contributed by atoms with E-state index in [-0.39, 0.29) is 0 Å². The van der Waals surface area contributed by atoms with Gasteiger partial charge < -0.3 is 20.1 Å². The molecule has 1 aromatic heterocycles. The predicted octanol–water partition coefficient (Wildman–Crippen LogP) is 2.02. The van der Waals surface area contributed by atoms with Gasteiger partial charge in [0, 0.05) is 48.4 Å². The van der Waals surface area contributed by atoms with E-state index in [1.54, 1.807) is 0 Å². The van der Waals surface area contributed by atoms with Crippen LogP contribution in [0, 0.1) is 0 Å². The zero-order valence-electron chi connectivity index (χ0n) is 16.6. The summed E-state index contributed by atoms with van der Waals surface area (Å²) in [5, 5.41) is 0. The molecule has 2 unspecified atom stereocenters. The van der Waals surface area contributed by atoms with Crippen LogP contribution in [-0.4, -0.2) is 66.5 Å². The first-order valence-electron chi connectivity index (χ1n) is 10.7. The Labute approximate surface area is 170 Å². The molecule has 2 bridgehead atoms. The molecular weight excluding hydrogens is 366 g/mol. The molecule has 1 aromatic carbocycles. The summed E-state index contributed by atoms with van der Waals surface area (Å²) in [5.41, 5.74) is 10.3. The van der Waals surface area contributed by atoms with E-state index in [0.717, 1.165) is 68.8 Å². The molecule has 0 spiro atoms. The number of rotatable bonds is 3. The number of hydrogen-bond donors (Lipinski definition) is 1. The van der Waals surface area contributed by atoms with E-state index >= 15 is 0 Å². The Morgan fingerprint density at radius 3 is 2.45 bits per heavy atom. The first kappa shape index (κ1) is 17.6. The largest absolute Gasteiger partial charge is 0.399 e. The molecule has 3 fully saturated rings. The van der Waals surface area contributed by atoms with Crippen LogP contribution in [0.4, 0.5) is 11.5 Å². The topological polar surface area (TPSA) is 76.7 Å². The van der Waals surface area contributed by atoms with E-state index in [1.165, 1.54) is 24.1 Å². The fraction of sp³-hybridized carbons (Fsp3) is 0.545. The second-order valence-electron chi connectivity index (χ2n) is 8.54. The first-order valence-corrected chi connectivity index (χ1v) is 10.7. The zero-order chi connectivity index (χ0) is 19.4. The van der Waals surface area contributed by atoms with Gasteiger partial charge in [-0.15, -0.1) is 0 Å². The molecule has 152 valence electrons. The maximum absolute atomic E-state index is 5.89. The van der Waals surface area contributed by atoms with Gasteiger partial charge >= 0.3 is 0 Å². The number of fused-ring (bicyclic) bond motifs is 4. The second-order valence-corrected chi connectivity index (χ2v) is 8.54. The predicted molar refractivity (Wildman–Crippen MR) is 111 cm³/mol. The van der Waals surface area contributed by atoms with Gasteiger partial charge in [-0.05, 0) is 37.1 Å². The van der Waals surface area contributed by atoms with Crippen LogP contribution in [0.5, 0.6) is 0 Å². The Morgan fingerprint density at radius 1 is 0.931 bits per heavy atom. The van der Waals surface area contributed by atoms with Crippen molar-refractivity contribution < 1.29 is 9.47 Å². The molecule has 2 atom stereocenters. The molecule has 2 aromatic rings. The molecule has 6 rings (SSSR count). The fourth-order valence-corrected chi connectivity index (χ4v) is 5.35. The third-order valence-electron chi connectivity index (χ3n) is 6.84. The summed E-state index contributed by atoms with van der Waals surface area (Å²) in [6.45, 7) is 4.99. The summed E-state index contributed by atoms with van der Waals surface area (Å²) < 4.78 is 11.1. The maximum atomic E-state index is 5.89. The Hall–Kier alpha value is -2.22. The minimum Gasteiger partial charge on any atom is -0.399 e. The highest BCUT2D eigenvalue weighted by Gasteiger charge is 2.47. The summed E-state index contributed by atoms with van der Waals surface area (Å²) in [6.07, 6.45) is 3.43. The normalized spacial score (nSPS) is 27.0. The molecule has 5 heterocycles. The van der Waals surface area contributed by atoms with Crippen molar-refractivity contribution in [2.24, 2.45) is 0 Å². The summed E-state index contributed by atoms with van der Waals surface area (Å²) >= 11 is 0. The van der Waals surface area contributed by atoms with Crippen molar-refractivity contribution in [3.63, 3.8) is 0 Å².